The average molecular weight is 442 g/mol. The van der Waals surface area contributed by atoms with E-state index in [4.69, 9.17) is 14.0 Å². The molecule has 1 aromatic rings. The summed E-state index contributed by atoms with van der Waals surface area (Å²) in [5, 5.41) is 11.9. The zero-order valence-corrected chi connectivity index (χ0v) is 17.7. The maximum absolute atomic E-state index is 12.2. The van der Waals surface area contributed by atoms with Crippen LogP contribution in [0.15, 0.2) is 107 Å². The highest BCUT2D eigenvalue weighted by atomic mass is 32.2. The highest BCUT2D eigenvalue weighted by molar-refractivity contribution is 7.79. The number of allylic oxidation sites excluding steroid dienone is 5. The molecule has 3 N–H and O–H groups in total. The van der Waals surface area contributed by atoms with Crippen LogP contribution in [0.1, 0.15) is 6.92 Å². The summed E-state index contributed by atoms with van der Waals surface area (Å²) in [7, 11) is 0. The molecule has 0 fully saturated rings. The minimum absolute atomic E-state index is 0.197. The second-order valence-electron chi connectivity index (χ2n) is 6.38. The lowest BCUT2D eigenvalue weighted by Gasteiger charge is -2.14. The number of benzene rings is 1. The summed E-state index contributed by atoms with van der Waals surface area (Å²) in [4.78, 5) is 12.4. The first-order chi connectivity index (χ1) is 14.8. The highest BCUT2D eigenvalue weighted by Gasteiger charge is 2.07. The normalized spacial score (nSPS) is 15.4. The van der Waals surface area contributed by atoms with Crippen molar-refractivity contribution in [3.8, 4) is 5.75 Å². The van der Waals surface area contributed by atoms with E-state index >= 15 is 0 Å². The van der Waals surface area contributed by atoms with E-state index in [1.807, 2.05) is 0 Å². The zero-order valence-electron chi connectivity index (χ0n) is 16.9. The van der Waals surface area contributed by atoms with Crippen molar-refractivity contribution in [2.24, 2.45) is 0 Å². The number of carbonyl (C=O) groups excluding carboxylic acids is 1. The molecular formula is C23H23NO6S. The van der Waals surface area contributed by atoms with Gasteiger partial charge in [0.25, 0.3) is 0 Å². The van der Waals surface area contributed by atoms with Gasteiger partial charge in [-0.05, 0) is 55.0 Å². The molecule has 8 heteroatoms. The third-order valence-corrected chi connectivity index (χ3v) is 4.38. The van der Waals surface area contributed by atoms with E-state index in [-0.39, 0.29) is 23.0 Å². The lowest BCUT2D eigenvalue weighted by atomic mass is 10.2. The Labute approximate surface area is 183 Å². The SMILES string of the molecule is C=C1C=C=C(NC(=O)/C=C/C(=C\C(=C)Oc2ccc(S(=O)O)cc2)O[C@@H](C)CO)C=C1. The molecule has 1 unspecified atom stereocenters. The van der Waals surface area contributed by atoms with Gasteiger partial charge in [-0.15, -0.1) is 0 Å². The average Bonchev–Trinajstić information content (AvgIpc) is 2.74. The number of hydrogen-bond acceptors (Lipinski definition) is 5. The lowest BCUT2D eigenvalue weighted by Crippen LogP contribution is -2.19. The summed E-state index contributed by atoms with van der Waals surface area (Å²) in [5.74, 6) is 0.434. The van der Waals surface area contributed by atoms with Crippen molar-refractivity contribution < 1.29 is 28.1 Å². The fourth-order valence-electron chi connectivity index (χ4n) is 2.22. The Balaban J connectivity index is 2.08. The van der Waals surface area contributed by atoms with Gasteiger partial charge in [0.05, 0.1) is 17.2 Å². The van der Waals surface area contributed by atoms with Crippen molar-refractivity contribution in [2.75, 3.05) is 6.61 Å². The summed E-state index contributed by atoms with van der Waals surface area (Å²) in [5.41, 5.74) is 4.17. The number of amides is 1. The van der Waals surface area contributed by atoms with Gasteiger partial charge in [0.1, 0.15) is 23.4 Å². The van der Waals surface area contributed by atoms with Crippen LogP contribution in [-0.2, 0) is 20.6 Å². The molecule has 7 nitrogen and oxygen atoms in total. The standard InChI is InChI=1S/C23H23NO6S/c1-16-4-6-19(7-5-16)24-23(26)13-10-21(30-18(3)15-25)14-17(2)29-20-8-11-22(12-9-20)31(27)28/h4-6,8-14,18,25H,1-2,15H2,3H3,(H,24,26)(H,27,28)/b13-10+,21-14+/t18-/m0/s1. The summed E-state index contributed by atoms with van der Waals surface area (Å²) in [6.45, 7) is 8.98. The molecule has 0 radical (unpaired) electrons. The number of hydrogen-bond donors (Lipinski definition) is 3. The van der Waals surface area contributed by atoms with Crippen molar-refractivity contribution in [3.05, 3.63) is 102 Å². The quantitative estimate of drug-likeness (QED) is 0.169. The second-order valence-corrected chi connectivity index (χ2v) is 7.35. The van der Waals surface area contributed by atoms with Gasteiger partial charge in [-0.2, -0.15) is 0 Å². The fourth-order valence-corrected chi connectivity index (χ4v) is 2.59. The summed E-state index contributed by atoms with van der Waals surface area (Å²) in [6, 6.07) is 5.96. The maximum atomic E-state index is 12.2. The first kappa shape index (κ1) is 23.9. The van der Waals surface area contributed by atoms with Gasteiger partial charge in [-0.25, -0.2) is 4.21 Å². The summed E-state index contributed by atoms with van der Waals surface area (Å²) in [6.07, 6.45) is 8.70. The molecule has 1 aliphatic carbocycles. The molecule has 0 heterocycles. The topological polar surface area (TPSA) is 105 Å². The Morgan fingerprint density at radius 2 is 2.00 bits per heavy atom. The predicted molar refractivity (Wildman–Crippen MR) is 118 cm³/mol. The molecule has 0 spiro atoms. The Kier molecular flexibility index (Phi) is 8.99. The first-order valence-electron chi connectivity index (χ1n) is 9.16. The van der Waals surface area contributed by atoms with Crippen LogP contribution in [0, 0.1) is 0 Å². The number of carbonyl (C=O) groups is 1. The number of aliphatic hydroxyl groups is 1. The van der Waals surface area contributed by atoms with Crippen LogP contribution in [0.3, 0.4) is 0 Å². The zero-order chi connectivity index (χ0) is 22.8. The molecule has 1 aromatic carbocycles. The van der Waals surface area contributed by atoms with Gasteiger partial charge < -0.3 is 24.4 Å². The molecule has 0 saturated heterocycles. The molecule has 162 valence electrons. The lowest BCUT2D eigenvalue weighted by molar-refractivity contribution is -0.115. The van der Waals surface area contributed by atoms with Crippen LogP contribution in [0.5, 0.6) is 5.75 Å². The Bertz CT molecular complexity index is 1030. The highest BCUT2D eigenvalue weighted by Crippen LogP contribution is 2.18. The predicted octanol–water partition coefficient (Wildman–Crippen LogP) is 3.28. The Morgan fingerprint density at radius 1 is 1.29 bits per heavy atom. The van der Waals surface area contributed by atoms with Crippen LogP contribution in [0.4, 0.5) is 0 Å². The maximum Gasteiger partial charge on any atom is 0.248 e. The third-order valence-electron chi connectivity index (χ3n) is 3.71. The molecule has 0 saturated carbocycles. The van der Waals surface area contributed by atoms with Gasteiger partial charge >= 0.3 is 0 Å². The minimum atomic E-state index is -2.08. The molecule has 0 aromatic heterocycles. The van der Waals surface area contributed by atoms with E-state index in [9.17, 15) is 14.1 Å². The number of rotatable bonds is 10. The molecule has 31 heavy (non-hydrogen) atoms. The van der Waals surface area contributed by atoms with Crippen LogP contribution >= 0.6 is 0 Å². The molecular weight excluding hydrogens is 418 g/mol. The van der Waals surface area contributed by atoms with E-state index in [1.54, 1.807) is 25.2 Å². The van der Waals surface area contributed by atoms with E-state index in [0.717, 1.165) is 5.57 Å². The number of ether oxygens (including phenoxy) is 2. The second kappa shape index (κ2) is 11.7. The smallest absolute Gasteiger partial charge is 0.248 e. The van der Waals surface area contributed by atoms with Gasteiger partial charge in [-0.1, -0.05) is 25.0 Å². The monoisotopic (exact) mass is 441 g/mol. The first-order valence-corrected chi connectivity index (χ1v) is 10.3. The van der Waals surface area contributed by atoms with Crippen LogP contribution in [0.2, 0.25) is 0 Å². The molecule has 0 aliphatic heterocycles. The molecule has 0 bridgehead atoms. The number of aliphatic hydroxyl groups excluding tert-OH is 1. The molecule has 1 amide bonds. The van der Waals surface area contributed by atoms with Crippen LogP contribution in [-0.4, -0.2) is 32.5 Å². The fraction of sp³-hybridized carbons (Fsp3) is 0.130. The molecule has 2 atom stereocenters. The molecule has 2 rings (SSSR count). The van der Waals surface area contributed by atoms with E-state index in [2.05, 4.69) is 24.2 Å². The van der Waals surface area contributed by atoms with Gasteiger partial charge in [0.15, 0.2) is 11.1 Å². The third kappa shape index (κ3) is 8.46. The number of nitrogens with one attached hydrogen (secondary N) is 1. The Hall–Kier alpha value is -3.42. The van der Waals surface area contributed by atoms with Crippen LogP contribution in [0.25, 0.3) is 0 Å². The summed E-state index contributed by atoms with van der Waals surface area (Å²) >= 11 is -2.08. The van der Waals surface area contributed by atoms with E-state index in [1.165, 1.54) is 42.5 Å². The summed E-state index contributed by atoms with van der Waals surface area (Å²) < 4.78 is 31.2. The van der Waals surface area contributed by atoms with E-state index in [0.29, 0.717) is 11.4 Å². The van der Waals surface area contributed by atoms with Crippen molar-refractivity contribution in [3.63, 3.8) is 0 Å². The Morgan fingerprint density at radius 3 is 2.58 bits per heavy atom. The largest absolute Gasteiger partial charge is 0.488 e. The van der Waals surface area contributed by atoms with Crippen molar-refractivity contribution >= 4 is 17.0 Å². The van der Waals surface area contributed by atoms with E-state index < -0.39 is 23.1 Å². The van der Waals surface area contributed by atoms with Crippen molar-refractivity contribution in [1.82, 2.24) is 5.32 Å². The van der Waals surface area contributed by atoms with Gasteiger partial charge in [-0.3, -0.25) is 4.79 Å². The minimum Gasteiger partial charge on any atom is -0.488 e. The molecule has 1 aliphatic rings. The van der Waals surface area contributed by atoms with Gasteiger partial charge in [0, 0.05) is 12.2 Å². The van der Waals surface area contributed by atoms with Crippen molar-refractivity contribution in [2.45, 2.75) is 17.9 Å². The van der Waals surface area contributed by atoms with Gasteiger partial charge in [0.2, 0.25) is 5.91 Å². The van der Waals surface area contributed by atoms with Crippen molar-refractivity contribution in [1.29, 1.82) is 0 Å². The van der Waals surface area contributed by atoms with Crippen LogP contribution < -0.4 is 10.1 Å².